The number of aromatic nitrogens is 3. The highest BCUT2D eigenvalue weighted by molar-refractivity contribution is 6.30. The van der Waals surface area contributed by atoms with Crippen LogP contribution in [0.15, 0.2) is 42.6 Å². The number of hydrogen-bond donors (Lipinski definition) is 2. The van der Waals surface area contributed by atoms with Gasteiger partial charge in [0.15, 0.2) is 5.65 Å². The van der Waals surface area contributed by atoms with Crippen LogP contribution in [0, 0.1) is 0 Å². The van der Waals surface area contributed by atoms with Crippen molar-refractivity contribution in [2.24, 2.45) is 0 Å². The molecule has 2 N–H and O–H groups in total. The lowest BCUT2D eigenvalue weighted by Crippen LogP contribution is -2.08. The molecule has 1 fully saturated rings. The maximum atomic E-state index is 6.01. The molecular formula is C15H14ClN5. The van der Waals surface area contributed by atoms with E-state index in [1.54, 1.807) is 6.20 Å². The molecule has 0 unspecified atom stereocenters. The highest BCUT2D eigenvalue weighted by Crippen LogP contribution is 2.27. The van der Waals surface area contributed by atoms with Gasteiger partial charge in [-0.05, 0) is 31.0 Å². The van der Waals surface area contributed by atoms with E-state index in [9.17, 15) is 0 Å². The van der Waals surface area contributed by atoms with E-state index in [1.165, 1.54) is 12.8 Å². The van der Waals surface area contributed by atoms with E-state index < -0.39 is 0 Å². The summed E-state index contributed by atoms with van der Waals surface area (Å²) in [7, 11) is 0. The lowest BCUT2D eigenvalue weighted by Gasteiger charge is -2.11. The van der Waals surface area contributed by atoms with Crippen molar-refractivity contribution in [1.82, 2.24) is 14.6 Å². The highest BCUT2D eigenvalue weighted by atomic mass is 35.5. The molecule has 2 aromatic heterocycles. The highest BCUT2D eigenvalue weighted by Gasteiger charge is 2.22. The summed E-state index contributed by atoms with van der Waals surface area (Å²) in [5.74, 6) is 1.73. The molecule has 0 aliphatic heterocycles. The van der Waals surface area contributed by atoms with Gasteiger partial charge in [0.05, 0.1) is 6.20 Å². The molecule has 1 aromatic carbocycles. The zero-order valence-electron chi connectivity index (χ0n) is 11.3. The van der Waals surface area contributed by atoms with E-state index in [0.29, 0.717) is 11.1 Å². The van der Waals surface area contributed by atoms with E-state index in [4.69, 9.17) is 11.6 Å². The van der Waals surface area contributed by atoms with Crippen molar-refractivity contribution >= 4 is 34.6 Å². The molecule has 21 heavy (non-hydrogen) atoms. The van der Waals surface area contributed by atoms with Crippen molar-refractivity contribution in [1.29, 1.82) is 0 Å². The lowest BCUT2D eigenvalue weighted by molar-refractivity contribution is 0.926. The third-order valence-electron chi connectivity index (χ3n) is 3.39. The Kier molecular flexibility index (Phi) is 2.93. The smallest absolute Gasteiger partial charge is 0.159 e. The first-order valence-corrected chi connectivity index (χ1v) is 7.30. The van der Waals surface area contributed by atoms with Crippen molar-refractivity contribution in [3.8, 4) is 0 Å². The van der Waals surface area contributed by atoms with Crippen molar-refractivity contribution < 1.29 is 0 Å². The molecule has 4 rings (SSSR count). The van der Waals surface area contributed by atoms with Crippen molar-refractivity contribution in [3.05, 3.63) is 47.6 Å². The van der Waals surface area contributed by atoms with Crippen molar-refractivity contribution in [3.63, 3.8) is 0 Å². The van der Waals surface area contributed by atoms with Gasteiger partial charge in [0.25, 0.3) is 0 Å². The summed E-state index contributed by atoms with van der Waals surface area (Å²) in [4.78, 5) is 4.55. The number of halogens is 1. The van der Waals surface area contributed by atoms with Crippen LogP contribution in [-0.2, 0) is 0 Å². The van der Waals surface area contributed by atoms with Crippen LogP contribution in [0.1, 0.15) is 12.8 Å². The zero-order chi connectivity index (χ0) is 14.2. The van der Waals surface area contributed by atoms with Crippen LogP contribution < -0.4 is 10.6 Å². The van der Waals surface area contributed by atoms with Crippen LogP contribution >= 0.6 is 11.6 Å². The Morgan fingerprint density at radius 1 is 1.19 bits per heavy atom. The minimum absolute atomic E-state index is 0.554. The van der Waals surface area contributed by atoms with Gasteiger partial charge in [0.2, 0.25) is 0 Å². The summed E-state index contributed by atoms with van der Waals surface area (Å²) in [6, 6.07) is 12.0. The van der Waals surface area contributed by atoms with Crippen LogP contribution in [0.5, 0.6) is 0 Å². The first kappa shape index (κ1) is 12.5. The maximum Gasteiger partial charge on any atom is 0.159 e. The molecule has 1 aliphatic rings. The number of rotatable bonds is 4. The number of fused-ring (bicyclic) bond motifs is 1. The molecule has 0 spiro atoms. The number of anilines is 3. The molecule has 0 bridgehead atoms. The fourth-order valence-electron chi connectivity index (χ4n) is 2.23. The Morgan fingerprint density at radius 2 is 2.10 bits per heavy atom. The average molecular weight is 300 g/mol. The first-order valence-electron chi connectivity index (χ1n) is 6.92. The Balaban J connectivity index is 1.70. The standard InChI is InChI=1S/C15H14ClN5/c16-10-2-1-3-12(8-10)18-13-9-15(19-11-4-5-11)21-14(20-13)6-7-17-21/h1-3,6-9,11,19H,4-5H2,(H,18,20). The molecule has 1 aliphatic carbocycles. The van der Waals surface area contributed by atoms with E-state index >= 15 is 0 Å². The Morgan fingerprint density at radius 3 is 2.90 bits per heavy atom. The topological polar surface area (TPSA) is 54.2 Å². The van der Waals surface area contributed by atoms with Crippen molar-refractivity contribution in [2.75, 3.05) is 10.6 Å². The maximum absolute atomic E-state index is 6.01. The fraction of sp³-hybridized carbons (Fsp3) is 0.200. The van der Waals surface area contributed by atoms with Crippen LogP contribution in [0.4, 0.5) is 17.3 Å². The molecule has 6 heteroatoms. The first-order chi connectivity index (χ1) is 10.3. The van der Waals surface area contributed by atoms with E-state index in [-0.39, 0.29) is 0 Å². The quantitative estimate of drug-likeness (QED) is 0.771. The predicted octanol–water partition coefficient (Wildman–Crippen LogP) is 3.70. The van der Waals surface area contributed by atoms with Crippen LogP contribution in [-0.4, -0.2) is 20.6 Å². The molecule has 0 radical (unpaired) electrons. The summed E-state index contributed by atoms with van der Waals surface area (Å²) >= 11 is 6.01. The summed E-state index contributed by atoms with van der Waals surface area (Å²) < 4.78 is 1.82. The molecule has 0 amide bonds. The largest absolute Gasteiger partial charge is 0.367 e. The third-order valence-corrected chi connectivity index (χ3v) is 3.62. The van der Waals surface area contributed by atoms with E-state index in [2.05, 4.69) is 20.7 Å². The number of nitrogens with one attached hydrogen (secondary N) is 2. The molecule has 0 saturated heterocycles. The van der Waals surface area contributed by atoms with Crippen molar-refractivity contribution in [2.45, 2.75) is 18.9 Å². The van der Waals surface area contributed by atoms with E-state index in [0.717, 1.165) is 23.0 Å². The number of benzene rings is 1. The summed E-state index contributed by atoms with van der Waals surface area (Å²) in [6.45, 7) is 0. The predicted molar refractivity (Wildman–Crippen MR) is 84.4 cm³/mol. The van der Waals surface area contributed by atoms with E-state index in [1.807, 2.05) is 40.9 Å². The van der Waals surface area contributed by atoms with Gasteiger partial charge >= 0.3 is 0 Å². The van der Waals surface area contributed by atoms with Gasteiger partial charge in [0, 0.05) is 28.9 Å². The number of hydrogen-bond acceptors (Lipinski definition) is 4. The van der Waals surface area contributed by atoms with Crippen LogP contribution in [0.2, 0.25) is 5.02 Å². The van der Waals surface area contributed by atoms with Gasteiger partial charge in [0.1, 0.15) is 11.6 Å². The molecular weight excluding hydrogens is 286 g/mol. The molecule has 3 aromatic rings. The molecule has 2 heterocycles. The van der Waals surface area contributed by atoms with Gasteiger partial charge in [-0.25, -0.2) is 4.98 Å². The fourth-order valence-corrected chi connectivity index (χ4v) is 2.42. The molecule has 1 saturated carbocycles. The summed E-state index contributed by atoms with van der Waals surface area (Å²) in [5.41, 5.74) is 1.72. The number of nitrogens with zero attached hydrogens (tertiary/aromatic N) is 3. The zero-order valence-corrected chi connectivity index (χ0v) is 12.0. The monoisotopic (exact) mass is 299 g/mol. The second-order valence-electron chi connectivity index (χ2n) is 5.18. The molecule has 106 valence electrons. The summed E-state index contributed by atoms with van der Waals surface area (Å²) in [6.07, 6.45) is 4.17. The molecule has 5 nitrogen and oxygen atoms in total. The minimum atomic E-state index is 0.554. The average Bonchev–Trinajstić information content (AvgIpc) is 3.13. The molecule has 0 atom stereocenters. The second kappa shape index (κ2) is 4.93. The van der Waals surface area contributed by atoms with Gasteiger partial charge in [-0.3, -0.25) is 0 Å². The lowest BCUT2D eigenvalue weighted by atomic mass is 10.3. The second-order valence-corrected chi connectivity index (χ2v) is 5.62. The minimum Gasteiger partial charge on any atom is -0.367 e. The van der Waals surface area contributed by atoms with Crippen LogP contribution in [0.25, 0.3) is 5.65 Å². The van der Waals surface area contributed by atoms with Gasteiger partial charge in [-0.2, -0.15) is 9.61 Å². The van der Waals surface area contributed by atoms with Crippen LogP contribution in [0.3, 0.4) is 0 Å². The summed E-state index contributed by atoms with van der Waals surface area (Å²) in [5, 5.41) is 11.8. The Hall–Kier alpha value is -2.27. The Bertz CT molecular complexity index is 794. The Labute approximate surface area is 127 Å². The van der Waals surface area contributed by atoms with Gasteiger partial charge in [-0.1, -0.05) is 17.7 Å². The van der Waals surface area contributed by atoms with Gasteiger partial charge in [-0.15, -0.1) is 0 Å². The normalized spacial score (nSPS) is 14.3. The SMILES string of the molecule is Clc1cccc(Nc2cc(NC3CC3)n3nccc3n2)c1. The van der Waals surface area contributed by atoms with Gasteiger partial charge < -0.3 is 10.6 Å². The third kappa shape index (κ3) is 2.64.